The monoisotopic (exact) mass is 371 g/mol. The zero-order valence-corrected chi connectivity index (χ0v) is 13.4. The number of likely N-dealkylation sites (N-methyl/N-ethyl adjacent to an activating group) is 1. The van der Waals surface area contributed by atoms with E-state index >= 15 is 0 Å². The van der Waals surface area contributed by atoms with Gasteiger partial charge in [-0.05, 0) is 18.6 Å². The standard InChI is InChI=1S/C13H18N5.HI/c1-10-3-4-11-16-8-7-15(2)13(16)17-6-5-14-12(17)18(11)9-10;/h3-4,9,11H,5-8H2,1-2H3;1H/q+1;/p-1. The number of aliphatic imine (C=N–C) groups is 1. The predicted molar refractivity (Wildman–Crippen MR) is 70.3 cm³/mol. The van der Waals surface area contributed by atoms with E-state index in [0.717, 1.165) is 32.1 Å². The molecule has 4 heterocycles. The van der Waals surface area contributed by atoms with Crippen molar-refractivity contribution in [3.8, 4) is 0 Å². The normalized spacial score (nSPS) is 27.7. The van der Waals surface area contributed by atoms with E-state index in [1.54, 1.807) is 0 Å². The fourth-order valence-electron chi connectivity index (χ4n) is 3.23. The van der Waals surface area contributed by atoms with E-state index in [0.29, 0.717) is 6.17 Å². The Hall–Kier alpha value is -1.05. The summed E-state index contributed by atoms with van der Waals surface area (Å²) in [5.74, 6) is 2.44. The number of halogens is 1. The summed E-state index contributed by atoms with van der Waals surface area (Å²) >= 11 is 0. The topological polar surface area (TPSA) is 25.1 Å². The molecule has 5 nitrogen and oxygen atoms in total. The lowest BCUT2D eigenvalue weighted by atomic mass is 10.1. The van der Waals surface area contributed by atoms with Gasteiger partial charge >= 0.3 is 5.96 Å². The van der Waals surface area contributed by atoms with Crippen LogP contribution in [0.3, 0.4) is 0 Å². The van der Waals surface area contributed by atoms with Gasteiger partial charge < -0.3 is 24.0 Å². The molecule has 4 rings (SSSR count). The van der Waals surface area contributed by atoms with Crippen molar-refractivity contribution in [3.63, 3.8) is 0 Å². The van der Waals surface area contributed by atoms with Crippen molar-refractivity contribution in [3.05, 3.63) is 23.9 Å². The minimum absolute atomic E-state index is 0. The molecule has 0 spiro atoms. The van der Waals surface area contributed by atoms with Crippen molar-refractivity contribution in [2.24, 2.45) is 4.99 Å². The fraction of sp³-hybridized carbons (Fsp3) is 0.538. The molecule has 1 fully saturated rings. The lowest BCUT2D eigenvalue weighted by Crippen LogP contribution is -3.00. The maximum absolute atomic E-state index is 4.69. The van der Waals surface area contributed by atoms with Gasteiger partial charge in [-0.3, -0.25) is 9.48 Å². The van der Waals surface area contributed by atoms with Crippen LogP contribution in [-0.2, 0) is 0 Å². The predicted octanol–water partition coefficient (Wildman–Crippen LogP) is -2.91. The highest BCUT2D eigenvalue weighted by Crippen LogP contribution is 2.28. The molecule has 0 bridgehead atoms. The summed E-state index contributed by atoms with van der Waals surface area (Å²) in [6.45, 7) is 6.24. The van der Waals surface area contributed by atoms with Crippen LogP contribution in [0.4, 0.5) is 0 Å². The average Bonchev–Trinajstić information content (AvgIpc) is 2.95. The number of hydrogen-bond donors (Lipinski definition) is 0. The number of rotatable bonds is 0. The Morgan fingerprint density at radius 1 is 1.37 bits per heavy atom. The van der Waals surface area contributed by atoms with E-state index < -0.39 is 0 Å². The van der Waals surface area contributed by atoms with Gasteiger partial charge in [-0.2, -0.15) is 4.90 Å². The highest BCUT2D eigenvalue weighted by atomic mass is 127. The highest BCUT2D eigenvalue weighted by Gasteiger charge is 2.50. The molecule has 1 unspecified atom stereocenters. The van der Waals surface area contributed by atoms with Gasteiger partial charge in [0.15, 0.2) is 6.17 Å². The number of fused-ring (bicyclic) bond motifs is 6. The number of nitrogens with zero attached hydrogens (tertiary/aromatic N) is 5. The molecular formula is C13H18IN5. The van der Waals surface area contributed by atoms with Crippen LogP contribution in [0.2, 0.25) is 0 Å². The van der Waals surface area contributed by atoms with Gasteiger partial charge in [-0.25, -0.2) is 9.89 Å². The first-order chi connectivity index (χ1) is 8.75. The first-order valence-corrected chi connectivity index (χ1v) is 6.57. The van der Waals surface area contributed by atoms with Gasteiger partial charge in [0.1, 0.15) is 0 Å². The Balaban J connectivity index is 0.00000110. The molecule has 1 saturated heterocycles. The zero-order chi connectivity index (χ0) is 12.3. The molecule has 0 aromatic carbocycles. The molecule has 0 aromatic heterocycles. The van der Waals surface area contributed by atoms with E-state index in [1.807, 2.05) is 0 Å². The molecular weight excluding hydrogens is 353 g/mol. The van der Waals surface area contributed by atoms with Gasteiger partial charge in [0, 0.05) is 6.20 Å². The van der Waals surface area contributed by atoms with Crippen LogP contribution in [0.1, 0.15) is 6.92 Å². The summed E-state index contributed by atoms with van der Waals surface area (Å²) in [6.07, 6.45) is 7.02. The van der Waals surface area contributed by atoms with E-state index in [4.69, 9.17) is 0 Å². The molecule has 102 valence electrons. The first kappa shape index (κ1) is 13.0. The zero-order valence-electron chi connectivity index (χ0n) is 11.3. The van der Waals surface area contributed by atoms with Crippen molar-refractivity contribution in [1.29, 1.82) is 0 Å². The molecule has 6 heteroatoms. The van der Waals surface area contributed by atoms with Crippen LogP contribution >= 0.6 is 0 Å². The average molecular weight is 371 g/mol. The third kappa shape index (κ3) is 1.72. The maximum atomic E-state index is 4.69. The second-order valence-electron chi connectivity index (χ2n) is 5.30. The molecule has 4 aliphatic rings. The summed E-state index contributed by atoms with van der Waals surface area (Å²) < 4.78 is 2.34. The van der Waals surface area contributed by atoms with E-state index in [2.05, 4.69) is 56.6 Å². The lowest BCUT2D eigenvalue weighted by molar-refractivity contribution is -0.491. The van der Waals surface area contributed by atoms with Crippen molar-refractivity contribution in [2.75, 3.05) is 33.2 Å². The molecule has 0 aliphatic carbocycles. The van der Waals surface area contributed by atoms with E-state index in [1.165, 1.54) is 11.5 Å². The largest absolute Gasteiger partial charge is 1.00 e. The van der Waals surface area contributed by atoms with Crippen LogP contribution in [0.25, 0.3) is 0 Å². The quantitative estimate of drug-likeness (QED) is 0.337. The van der Waals surface area contributed by atoms with Crippen molar-refractivity contribution >= 4 is 11.9 Å². The second kappa shape index (κ2) is 4.50. The van der Waals surface area contributed by atoms with Crippen LogP contribution in [0.15, 0.2) is 28.9 Å². The summed E-state index contributed by atoms with van der Waals surface area (Å²) in [7, 11) is 2.18. The third-order valence-electron chi connectivity index (χ3n) is 4.04. The van der Waals surface area contributed by atoms with Gasteiger partial charge in [0.2, 0.25) is 0 Å². The van der Waals surface area contributed by atoms with Crippen molar-refractivity contribution < 1.29 is 28.6 Å². The fourth-order valence-corrected chi connectivity index (χ4v) is 3.23. The summed E-state index contributed by atoms with van der Waals surface area (Å²) in [5.41, 5.74) is 1.29. The number of allylic oxidation sites excluding steroid dienone is 2. The van der Waals surface area contributed by atoms with Gasteiger partial charge in [0.05, 0.1) is 33.2 Å². The van der Waals surface area contributed by atoms with Crippen molar-refractivity contribution in [2.45, 2.75) is 13.1 Å². The molecule has 1 atom stereocenters. The number of hydrogen-bond acceptors (Lipinski definition) is 4. The second-order valence-corrected chi connectivity index (χ2v) is 5.30. The van der Waals surface area contributed by atoms with Crippen LogP contribution in [0, 0.1) is 0 Å². The Bertz CT molecular complexity index is 533. The Labute approximate surface area is 130 Å². The molecule has 19 heavy (non-hydrogen) atoms. The minimum atomic E-state index is 0. The van der Waals surface area contributed by atoms with Gasteiger partial charge in [-0.15, -0.1) is 0 Å². The third-order valence-corrected chi connectivity index (χ3v) is 4.04. The molecule has 0 N–H and O–H groups in total. The van der Waals surface area contributed by atoms with E-state index in [9.17, 15) is 0 Å². The van der Waals surface area contributed by atoms with Crippen LogP contribution in [-0.4, -0.2) is 70.6 Å². The minimum Gasteiger partial charge on any atom is -1.00 e. The molecule has 0 aromatic rings. The lowest BCUT2D eigenvalue weighted by Gasteiger charge is -2.41. The summed E-state index contributed by atoms with van der Waals surface area (Å²) in [4.78, 5) is 11.8. The van der Waals surface area contributed by atoms with Crippen LogP contribution < -0.4 is 24.0 Å². The Morgan fingerprint density at radius 2 is 2.21 bits per heavy atom. The SMILES string of the molecule is CC1=CN2C3=NCCN3C3=[N+](C)CCN3C2C=C1.[I-]. The Kier molecular flexibility index (Phi) is 3.07. The first-order valence-electron chi connectivity index (χ1n) is 6.57. The molecule has 0 radical (unpaired) electrons. The summed E-state index contributed by atoms with van der Waals surface area (Å²) in [5, 5.41) is 0. The Morgan fingerprint density at radius 3 is 3.05 bits per heavy atom. The van der Waals surface area contributed by atoms with E-state index in [-0.39, 0.29) is 24.0 Å². The molecule has 0 amide bonds. The molecule has 0 saturated carbocycles. The van der Waals surface area contributed by atoms with Crippen molar-refractivity contribution in [1.82, 2.24) is 14.7 Å². The maximum Gasteiger partial charge on any atom is 0.360 e. The van der Waals surface area contributed by atoms with Gasteiger partial charge in [-0.1, -0.05) is 6.08 Å². The number of guanidine groups is 2. The summed E-state index contributed by atoms with van der Waals surface area (Å²) in [6, 6.07) is 0. The van der Waals surface area contributed by atoms with Crippen LogP contribution in [0.5, 0.6) is 0 Å². The van der Waals surface area contributed by atoms with Gasteiger partial charge in [0.25, 0.3) is 5.96 Å². The smallest absolute Gasteiger partial charge is 0.360 e. The molecule has 4 aliphatic heterocycles. The highest BCUT2D eigenvalue weighted by molar-refractivity contribution is 6.01.